The van der Waals surface area contributed by atoms with Crippen LogP contribution in [0.15, 0.2) is 53.7 Å². The maximum Gasteiger partial charge on any atom is 0.191 e. The second-order valence-corrected chi connectivity index (χ2v) is 7.38. The number of anilines is 1. The van der Waals surface area contributed by atoms with Crippen LogP contribution in [0.3, 0.4) is 0 Å². The largest absolute Gasteiger partial charge is 0.378 e. The van der Waals surface area contributed by atoms with E-state index in [0.29, 0.717) is 12.3 Å². The summed E-state index contributed by atoms with van der Waals surface area (Å²) in [6.45, 7) is 7.50. The Morgan fingerprint density at radius 3 is 2.26 bits per heavy atom. The third-order valence-electron chi connectivity index (χ3n) is 4.32. The number of nitrogens with zero attached hydrogens (tertiary/aromatic N) is 3. The summed E-state index contributed by atoms with van der Waals surface area (Å²) in [5, 5.41) is 12.7. The molecule has 0 spiro atoms. The zero-order valence-electron chi connectivity index (χ0n) is 15.9. The number of aryl methyl sites for hydroxylation is 2. The highest BCUT2D eigenvalue weighted by atomic mass is 32.2. The van der Waals surface area contributed by atoms with Crippen LogP contribution in [0.5, 0.6) is 0 Å². The molecule has 0 radical (unpaired) electrons. The van der Waals surface area contributed by atoms with Gasteiger partial charge in [-0.1, -0.05) is 59.3 Å². The van der Waals surface area contributed by atoms with Gasteiger partial charge in [-0.05, 0) is 32.9 Å². The van der Waals surface area contributed by atoms with Crippen molar-refractivity contribution < 1.29 is 4.79 Å². The molecule has 0 fully saturated rings. The first-order valence-electron chi connectivity index (χ1n) is 9.02. The summed E-state index contributed by atoms with van der Waals surface area (Å²) >= 11 is 1.44. The molecule has 1 N–H and O–H groups in total. The summed E-state index contributed by atoms with van der Waals surface area (Å²) < 4.78 is 2.05. The van der Waals surface area contributed by atoms with Gasteiger partial charge in [0.1, 0.15) is 0 Å². The van der Waals surface area contributed by atoms with Crippen molar-refractivity contribution in [2.24, 2.45) is 0 Å². The molecular weight excluding hydrogens is 356 g/mol. The van der Waals surface area contributed by atoms with Crippen LogP contribution in [-0.4, -0.2) is 26.3 Å². The Bertz CT molecular complexity index is 901. The van der Waals surface area contributed by atoms with Gasteiger partial charge in [-0.15, -0.1) is 10.2 Å². The summed E-state index contributed by atoms with van der Waals surface area (Å²) in [4.78, 5) is 12.4. The van der Waals surface area contributed by atoms with Crippen LogP contribution in [0, 0.1) is 13.8 Å². The monoisotopic (exact) mass is 380 g/mol. The van der Waals surface area contributed by atoms with Crippen molar-refractivity contribution in [3.63, 3.8) is 0 Å². The molecule has 0 saturated heterocycles. The van der Waals surface area contributed by atoms with Crippen molar-refractivity contribution in [3.05, 3.63) is 71.0 Å². The van der Waals surface area contributed by atoms with E-state index in [2.05, 4.69) is 53.6 Å². The first kappa shape index (κ1) is 19.2. The molecule has 0 aliphatic carbocycles. The highest BCUT2D eigenvalue weighted by molar-refractivity contribution is 7.99. The lowest BCUT2D eigenvalue weighted by atomic mass is 10.1. The lowest BCUT2D eigenvalue weighted by molar-refractivity contribution is 0.102. The van der Waals surface area contributed by atoms with Crippen LogP contribution in [0.2, 0.25) is 0 Å². The Labute approximate surface area is 164 Å². The fourth-order valence-corrected chi connectivity index (χ4v) is 3.60. The quantitative estimate of drug-likeness (QED) is 0.460. The van der Waals surface area contributed by atoms with E-state index in [1.165, 1.54) is 17.3 Å². The summed E-state index contributed by atoms with van der Waals surface area (Å²) in [6.07, 6.45) is 0. The van der Waals surface area contributed by atoms with Gasteiger partial charge in [-0.3, -0.25) is 4.79 Å². The molecular formula is C21H24N4OS. The zero-order valence-corrected chi connectivity index (χ0v) is 16.7. The van der Waals surface area contributed by atoms with Crippen LogP contribution in [0.4, 0.5) is 5.69 Å². The predicted octanol–water partition coefficient (Wildman–Crippen LogP) is 4.50. The van der Waals surface area contributed by atoms with E-state index in [4.69, 9.17) is 0 Å². The van der Waals surface area contributed by atoms with Gasteiger partial charge in [-0.25, -0.2) is 0 Å². The number of aromatic nitrogens is 3. The summed E-state index contributed by atoms with van der Waals surface area (Å²) in [7, 11) is 0. The minimum Gasteiger partial charge on any atom is -0.378 e. The van der Waals surface area contributed by atoms with E-state index >= 15 is 0 Å². The molecule has 6 heteroatoms. The molecule has 0 atom stereocenters. The number of Topliss-reactive ketones (excluding diaryl/α,β-unsaturated/α-hetero) is 1. The van der Waals surface area contributed by atoms with E-state index in [0.717, 1.165) is 34.3 Å². The van der Waals surface area contributed by atoms with E-state index in [1.807, 2.05) is 35.8 Å². The third kappa shape index (κ3) is 4.98. The maximum atomic E-state index is 12.4. The number of rotatable bonds is 8. The molecule has 0 aliphatic heterocycles. The number of carbonyl (C=O) groups is 1. The van der Waals surface area contributed by atoms with Crippen molar-refractivity contribution >= 4 is 23.2 Å². The van der Waals surface area contributed by atoms with Gasteiger partial charge < -0.3 is 9.88 Å². The highest BCUT2D eigenvalue weighted by Gasteiger charge is 2.14. The second kappa shape index (κ2) is 8.86. The predicted molar refractivity (Wildman–Crippen MR) is 110 cm³/mol. The fraction of sp³-hybridized carbons (Fsp3) is 0.286. The van der Waals surface area contributed by atoms with Crippen molar-refractivity contribution in [2.45, 2.75) is 39.0 Å². The minimum absolute atomic E-state index is 0.102. The van der Waals surface area contributed by atoms with Crippen molar-refractivity contribution in [1.29, 1.82) is 0 Å². The average molecular weight is 381 g/mol. The smallest absolute Gasteiger partial charge is 0.191 e. The van der Waals surface area contributed by atoms with E-state index in [9.17, 15) is 4.79 Å². The molecule has 3 aromatic rings. The molecule has 1 heterocycles. The Morgan fingerprint density at radius 1 is 1.00 bits per heavy atom. The third-order valence-corrected chi connectivity index (χ3v) is 5.28. The molecule has 1 aromatic heterocycles. The summed E-state index contributed by atoms with van der Waals surface area (Å²) in [5.41, 5.74) is 4.16. The minimum atomic E-state index is 0.102. The normalized spacial score (nSPS) is 10.8. The number of carbonyl (C=O) groups excluding carboxylic acids is 1. The molecule has 0 saturated carbocycles. The van der Waals surface area contributed by atoms with Gasteiger partial charge in [0.25, 0.3) is 0 Å². The number of thioether (sulfide) groups is 1. The van der Waals surface area contributed by atoms with E-state index in [-0.39, 0.29) is 5.78 Å². The zero-order chi connectivity index (χ0) is 19.2. The highest BCUT2D eigenvalue weighted by Crippen LogP contribution is 2.20. The Balaban J connectivity index is 1.62. The molecule has 27 heavy (non-hydrogen) atoms. The molecule has 0 amide bonds. The van der Waals surface area contributed by atoms with Crippen molar-refractivity contribution in [1.82, 2.24) is 14.8 Å². The first-order valence-corrected chi connectivity index (χ1v) is 10.0. The average Bonchev–Trinajstić information content (AvgIpc) is 3.08. The van der Waals surface area contributed by atoms with Crippen molar-refractivity contribution in [3.8, 4) is 0 Å². The van der Waals surface area contributed by atoms with Gasteiger partial charge >= 0.3 is 0 Å². The first-order chi connectivity index (χ1) is 13.1. The van der Waals surface area contributed by atoms with Gasteiger partial charge in [0.2, 0.25) is 0 Å². The fourth-order valence-electron chi connectivity index (χ4n) is 2.68. The molecule has 5 nitrogen and oxygen atoms in total. The molecule has 0 unspecified atom stereocenters. The van der Waals surface area contributed by atoms with Crippen LogP contribution < -0.4 is 5.32 Å². The van der Waals surface area contributed by atoms with Crippen LogP contribution in [-0.2, 0) is 13.1 Å². The SMILES string of the molecule is CCn1c(CNc2ccc(C)cc2)nnc1SCC(=O)c1ccc(C)cc1. The van der Waals surface area contributed by atoms with Crippen LogP contribution in [0.25, 0.3) is 0 Å². The van der Waals surface area contributed by atoms with Gasteiger partial charge in [0.15, 0.2) is 16.8 Å². The van der Waals surface area contributed by atoms with E-state index in [1.54, 1.807) is 0 Å². The summed E-state index contributed by atoms with van der Waals surface area (Å²) in [5.74, 6) is 1.32. The number of ketones is 1. The van der Waals surface area contributed by atoms with Crippen molar-refractivity contribution in [2.75, 3.05) is 11.1 Å². The lowest BCUT2D eigenvalue weighted by Crippen LogP contribution is -2.09. The Hall–Kier alpha value is -2.60. The number of benzene rings is 2. The van der Waals surface area contributed by atoms with Gasteiger partial charge in [0, 0.05) is 17.8 Å². The van der Waals surface area contributed by atoms with E-state index < -0.39 is 0 Å². The molecule has 0 bridgehead atoms. The molecule has 140 valence electrons. The van der Waals surface area contributed by atoms with Gasteiger partial charge in [0.05, 0.1) is 12.3 Å². The number of nitrogens with one attached hydrogen (secondary N) is 1. The second-order valence-electron chi connectivity index (χ2n) is 6.44. The Kier molecular flexibility index (Phi) is 6.29. The maximum absolute atomic E-state index is 12.4. The summed E-state index contributed by atoms with van der Waals surface area (Å²) in [6, 6.07) is 15.9. The standard InChI is InChI=1S/C21H24N4OS/c1-4-25-20(13-22-18-11-7-16(3)8-12-18)23-24-21(25)27-14-19(26)17-9-5-15(2)6-10-17/h5-12,22H,4,13-14H2,1-3H3. The number of hydrogen-bond donors (Lipinski definition) is 1. The molecule has 3 rings (SSSR count). The topological polar surface area (TPSA) is 59.8 Å². The van der Waals surface area contributed by atoms with Crippen LogP contribution >= 0.6 is 11.8 Å². The molecule has 0 aliphatic rings. The number of hydrogen-bond acceptors (Lipinski definition) is 5. The van der Waals surface area contributed by atoms with Gasteiger partial charge in [-0.2, -0.15) is 0 Å². The molecule has 2 aromatic carbocycles. The Morgan fingerprint density at radius 2 is 1.63 bits per heavy atom. The van der Waals surface area contributed by atoms with Crippen LogP contribution in [0.1, 0.15) is 34.2 Å². The lowest BCUT2D eigenvalue weighted by Gasteiger charge is -2.09.